The molecule has 2 N–H and O–H groups in total. The van der Waals surface area contributed by atoms with Crippen molar-refractivity contribution in [3.63, 3.8) is 0 Å². The number of hydrogen-bond acceptors (Lipinski definition) is 3. The highest BCUT2D eigenvalue weighted by atomic mass is 35.5. The predicted molar refractivity (Wildman–Crippen MR) is 75.1 cm³/mol. The summed E-state index contributed by atoms with van der Waals surface area (Å²) in [6, 6.07) is 4.97. The minimum absolute atomic E-state index is 0.183. The number of carboxylic acid groups (broad SMARTS) is 1. The normalized spacial score (nSPS) is 21.9. The fourth-order valence-electron chi connectivity index (χ4n) is 2.40. The van der Waals surface area contributed by atoms with Crippen LogP contribution in [0.15, 0.2) is 18.2 Å². The van der Waals surface area contributed by atoms with E-state index in [1.807, 2.05) is 13.8 Å². The molecule has 5 heteroatoms. The van der Waals surface area contributed by atoms with E-state index in [2.05, 4.69) is 5.32 Å². The number of hydrogen-bond donors (Lipinski definition) is 2. The number of ether oxygens (including phenoxy) is 1. The first kappa shape index (κ1) is 14.2. The molecule has 1 saturated heterocycles. The molecule has 0 bridgehead atoms. The van der Waals surface area contributed by atoms with Crippen molar-refractivity contribution in [2.45, 2.75) is 38.3 Å². The van der Waals surface area contributed by atoms with Gasteiger partial charge in [-0.25, -0.2) is 4.79 Å². The number of halogens is 1. The van der Waals surface area contributed by atoms with Gasteiger partial charge >= 0.3 is 5.97 Å². The second kappa shape index (κ2) is 5.39. The van der Waals surface area contributed by atoms with Gasteiger partial charge in [0.2, 0.25) is 0 Å². The Hall–Kier alpha value is -1.26. The summed E-state index contributed by atoms with van der Waals surface area (Å²) in [5.74, 6) is -0.953. The lowest BCUT2D eigenvalue weighted by molar-refractivity contribution is -0.0553. The van der Waals surface area contributed by atoms with Crippen LogP contribution in [-0.4, -0.2) is 29.3 Å². The summed E-state index contributed by atoms with van der Waals surface area (Å²) >= 11 is 5.94. The molecular formula is C14H18ClNO3. The topological polar surface area (TPSA) is 58.6 Å². The molecule has 1 heterocycles. The zero-order valence-electron chi connectivity index (χ0n) is 11.1. The second-order valence-electron chi connectivity index (χ2n) is 5.44. The molecule has 104 valence electrons. The van der Waals surface area contributed by atoms with E-state index in [9.17, 15) is 9.90 Å². The summed E-state index contributed by atoms with van der Waals surface area (Å²) in [5.41, 5.74) is 0.633. The zero-order chi connectivity index (χ0) is 14.0. The molecule has 2 rings (SSSR count). The van der Waals surface area contributed by atoms with Crippen LogP contribution in [0.1, 0.15) is 37.0 Å². The largest absolute Gasteiger partial charge is 0.478 e. The van der Waals surface area contributed by atoms with Crippen molar-refractivity contribution in [1.29, 1.82) is 0 Å². The minimum atomic E-state index is -0.953. The third kappa shape index (κ3) is 3.61. The number of carbonyl (C=O) groups is 1. The highest BCUT2D eigenvalue weighted by Crippen LogP contribution is 2.28. The van der Waals surface area contributed by atoms with Gasteiger partial charge in [-0.05, 0) is 44.9 Å². The third-order valence-corrected chi connectivity index (χ3v) is 3.50. The predicted octanol–water partition coefficient (Wildman–Crippen LogP) is 3.41. The van der Waals surface area contributed by atoms with Gasteiger partial charge in [-0.1, -0.05) is 11.6 Å². The number of benzene rings is 1. The fraction of sp³-hybridized carbons (Fsp3) is 0.500. The van der Waals surface area contributed by atoms with Gasteiger partial charge < -0.3 is 15.2 Å². The quantitative estimate of drug-likeness (QED) is 0.892. The summed E-state index contributed by atoms with van der Waals surface area (Å²) in [6.07, 6.45) is 1.69. The Morgan fingerprint density at radius 1 is 1.53 bits per heavy atom. The van der Waals surface area contributed by atoms with E-state index in [-0.39, 0.29) is 17.2 Å². The Kier molecular flexibility index (Phi) is 4.02. The fourth-order valence-corrected chi connectivity index (χ4v) is 2.57. The van der Waals surface area contributed by atoms with Gasteiger partial charge in [0.05, 0.1) is 16.9 Å². The summed E-state index contributed by atoms with van der Waals surface area (Å²) in [4.78, 5) is 11.2. The molecule has 0 amide bonds. The van der Waals surface area contributed by atoms with Crippen molar-refractivity contribution in [3.05, 3.63) is 28.8 Å². The number of aromatic carboxylic acids is 1. The van der Waals surface area contributed by atoms with Gasteiger partial charge in [0.15, 0.2) is 0 Å². The molecular weight excluding hydrogens is 266 g/mol. The lowest BCUT2D eigenvalue weighted by Crippen LogP contribution is -2.40. The van der Waals surface area contributed by atoms with E-state index in [0.717, 1.165) is 12.8 Å². The van der Waals surface area contributed by atoms with Crippen LogP contribution >= 0.6 is 11.6 Å². The maximum absolute atomic E-state index is 11.2. The Morgan fingerprint density at radius 2 is 2.26 bits per heavy atom. The summed E-state index contributed by atoms with van der Waals surface area (Å²) < 4.78 is 5.65. The third-order valence-electron chi connectivity index (χ3n) is 3.27. The van der Waals surface area contributed by atoms with Gasteiger partial charge in [-0.3, -0.25) is 0 Å². The van der Waals surface area contributed by atoms with Gasteiger partial charge in [0.1, 0.15) is 0 Å². The van der Waals surface area contributed by atoms with Gasteiger partial charge in [0, 0.05) is 17.7 Å². The molecule has 4 nitrogen and oxygen atoms in total. The highest BCUT2D eigenvalue weighted by Gasteiger charge is 2.29. The summed E-state index contributed by atoms with van der Waals surface area (Å²) in [7, 11) is 0. The monoisotopic (exact) mass is 283 g/mol. The van der Waals surface area contributed by atoms with Crippen molar-refractivity contribution >= 4 is 23.3 Å². The molecule has 0 aromatic heterocycles. The van der Waals surface area contributed by atoms with E-state index < -0.39 is 5.97 Å². The van der Waals surface area contributed by atoms with Crippen LogP contribution in [0.3, 0.4) is 0 Å². The maximum atomic E-state index is 11.2. The average molecular weight is 284 g/mol. The van der Waals surface area contributed by atoms with Crippen molar-refractivity contribution in [2.75, 3.05) is 11.9 Å². The summed E-state index contributed by atoms with van der Waals surface area (Å²) in [6.45, 7) is 4.75. The Labute approximate surface area is 117 Å². The number of anilines is 1. The first-order chi connectivity index (χ1) is 8.87. The summed E-state index contributed by atoms with van der Waals surface area (Å²) in [5, 5.41) is 13.0. The zero-order valence-corrected chi connectivity index (χ0v) is 11.8. The van der Waals surface area contributed by atoms with E-state index in [1.165, 1.54) is 6.07 Å². The Bertz CT molecular complexity index is 488. The lowest BCUT2D eigenvalue weighted by Gasteiger charge is -2.36. The van der Waals surface area contributed by atoms with E-state index in [4.69, 9.17) is 16.3 Å². The first-order valence-electron chi connectivity index (χ1n) is 6.31. The molecule has 0 radical (unpaired) electrons. The molecule has 0 aliphatic carbocycles. The molecule has 1 fully saturated rings. The molecule has 0 saturated carbocycles. The molecule has 1 unspecified atom stereocenters. The van der Waals surface area contributed by atoms with Crippen molar-refractivity contribution < 1.29 is 14.6 Å². The van der Waals surface area contributed by atoms with Gasteiger partial charge in [-0.15, -0.1) is 0 Å². The Morgan fingerprint density at radius 3 is 2.89 bits per heavy atom. The average Bonchev–Trinajstić information content (AvgIpc) is 2.27. The van der Waals surface area contributed by atoms with Crippen LogP contribution in [-0.2, 0) is 4.74 Å². The van der Waals surface area contributed by atoms with Crippen LogP contribution < -0.4 is 5.32 Å². The van der Waals surface area contributed by atoms with E-state index in [0.29, 0.717) is 17.3 Å². The Balaban J connectivity index is 2.18. The van der Waals surface area contributed by atoms with Crippen LogP contribution in [0.4, 0.5) is 5.69 Å². The van der Waals surface area contributed by atoms with Crippen LogP contribution in [0.25, 0.3) is 0 Å². The highest BCUT2D eigenvalue weighted by molar-refractivity contribution is 6.31. The van der Waals surface area contributed by atoms with Crippen molar-refractivity contribution in [3.8, 4) is 0 Å². The SMILES string of the molecule is CC1(C)CC(Nc2cc(Cl)ccc2C(=O)O)CCO1. The first-order valence-corrected chi connectivity index (χ1v) is 6.68. The minimum Gasteiger partial charge on any atom is -0.478 e. The molecule has 0 spiro atoms. The molecule has 1 aromatic carbocycles. The van der Waals surface area contributed by atoms with Gasteiger partial charge in [0.25, 0.3) is 0 Å². The van der Waals surface area contributed by atoms with Gasteiger partial charge in [-0.2, -0.15) is 0 Å². The molecule has 1 atom stereocenters. The van der Waals surface area contributed by atoms with Crippen molar-refractivity contribution in [1.82, 2.24) is 0 Å². The number of nitrogens with one attached hydrogen (secondary N) is 1. The second-order valence-corrected chi connectivity index (χ2v) is 5.87. The number of rotatable bonds is 3. The molecule has 1 aromatic rings. The molecule has 19 heavy (non-hydrogen) atoms. The van der Waals surface area contributed by atoms with E-state index >= 15 is 0 Å². The molecule has 1 aliphatic heterocycles. The number of carboxylic acids is 1. The van der Waals surface area contributed by atoms with Crippen LogP contribution in [0, 0.1) is 0 Å². The molecule has 1 aliphatic rings. The maximum Gasteiger partial charge on any atom is 0.337 e. The van der Waals surface area contributed by atoms with Crippen LogP contribution in [0.5, 0.6) is 0 Å². The van der Waals surface area contributed by atoms with E-state index in [1.54, 1.807) is 12.1 Å². The van der Waals surface area contributed by atoms with Crippen molar-refractivity contribution in [2.24, 2.45) is 0 Å². The van der Waals surface area contributed by atoms with Crippen LogP contribution in [0.2, 0.25) is 5.02 Å². The lowest BCUT2D eigenvalue weighted by atomic mass is 9.93. The standard InChI is InChI=1S/C14H18ClNO3/c1-14(2)8-10(5-6-19-14)16-12-7-9(15)3-4-11(12)13(17)18/h3-4,7,10,16H,5-6,8H2,1-2H3,(H,17,18). The smallest absolute Gasteiger partial charge is 0.337 e.